The van der Waals surface area contributed by atoms with Crippen LogP contribution >= 0.6 is 43.5 Å². The van der Waals surface area contributed by atoms with Crippen molar-refractivity contribution in [3.63, 3.8) is 0 Å². The molecule has 0 atom stereocenters. The maximum Gasteiger partial charge on any atom is 0.138 e. The first-order valence-electron chi connectivity index (χ1n) is 5.94. The summed E-state index contributed by atoms with van der Waals surface area (Å²) < 4.78 is 12.9. The van der Waals surface area contributed by atoms with Crippen LogP contribution in [-0.2, 0) is 12.5 Å². The molecule has 5 heteroatoms. The summed E-state index contributed by atoms with van der Waals surface area (Å²) in [5, 5.41) is 0. The van der Waals surface area contributed by atoms with Crippen LogP contribution in [0, 0.1) is 0 Å². The Morgan fingerprint density at radius 1 is 1.10 bits per heavy atom. The fourth-order valence-electron chi connectivity index (χ4n) is 1.78. The Labute approximate surface area is 140 Å². The second-order valence-electron chi connectivity index (χ2n) is 4.12. The first-order chi connectivity index (χ1) is 9.65. The van der Waals surface area contributed by atoms with E-state index < -0.39 is 0 Å². The summed E-state index contributed by atoms with van der Waals surface area (Å²) in [6.45, 7) is 0.467. The molecule has 106 valence electrons. The molecule has 0 N–H and O–H groups in total. The Morgan fingerprint density at radius 2 is 1.90 bits per heavy atom. The van der Waals surface area contributed by atoms with Crippen LogP contribution in [0.3, 0.4) is 0 Å². The predicted molar refractivity (Wildman–Crippen MR) is 88.7 cm³/mol. The van der Waals surface area contributed by atoms with E-state index in [9.17, 15) is 0 Å². The summed E-state index contributed by atoms with van der Waals surface area (Å²) in [6.07, 6.45) is 0. The molecule has 0 aliphatic rings. The largest absolute Gasteiger partial charge is 0.496 e. The molecule has 2 aromatic rings. The van der Waals surface area contributed by atoms with Crippen LogP contribution < -0.4 is 9.47 Å². The number of benzene rings is 2. The van der Waals surface area contributed by atoms with Crippen LogP contribution in [0.1, 0.15) is 11.1 Å². The second-order valence-corrected chi connectivity index (χ2v) is 6.10. The summed E-state index contributed by atoms with van der Waals surface area (Å²) in [7, 11) is 1.64. The highest BCUT2D eigenvalue weighted by atomic mass is 79.9. The van der Waals surface area contributed by atoms with E-state index >= 15 is 0 Å². The van der Waals surface area contributed by atoms with Crippen molar-refractivity contribution >= 4 is 43.5 Å². The van der Waals surface area contributed by atoms with Crippen LogP contribution in [0.4, 0.5) is 0 Å². The summed E-state index contributed by atoms with van der Waals surface area (Å²) in [5.41, 5.74) is 2.02. The number of hydrogen-bond acceptors (Lipinski definition) is 2. The zero-order valence-electron chi connectivity index (χ0n) is 10.8. The van der Waals surface area contributed by atoms with Crippen molar-refractivity contribution in [2.75, 3.05) is 7.11 Å². The number of rotatable bonds is 5. The van der Waals surface area contributed by atoms with E-state index in [0.717, 1.165) is 31.6 Å². The minimum absolute atomic E-state index is 0.418. The zero-order valence-corrected chi connectivity index (χ0v) is 14.8. The minimum atomic E-state index is 0.418. The van der Waals surface area contributed by atoms with E-state index in [1.807, 2.05) is 36.4 Å². The molecule has 2 nitrogen and oxygen atoms in total. The molecule has 0 bridgehead atoms. The lowest BCUT2D eigenvalue weighted by atomic mass is 10.2. The smallest absolute Gasteiger partial charge is 0.138 e. The summed E-state index contributed by atoms with van der Waals surface area (Å²) in [4.78, 5) is 0. The van der Waals surface area contributed by atoms with Crippen molar-refractivity contribution in [2.24, 2.45) is 0 Å². The van der Waals surface area contributed by atoms with Gasteiger partial charge >= 0.3 is 0 Å². The van der Waals surface area contributed by atoms with Gasteiger partial charge in [0.25, 0.3) is 0 Å². The van der Waals surface area contributed by atoms with Crippen molar-refractivity contribution in [2.45, 2.75) is 12.5 Å². The fourth-order valence-corrected chi connectivity index (χ4v) is 3.10. The van der Waals surface area contributed by atoms with Gasteiger partial charge in [-0.05, 0) is 55.6 Å². The molecule has 0 aromatic heterocycles. The molecular formula is C15H13Br2ClO2. The van der Waals surface area contributed by atoms with Gasteiger partial charge in [-0.1, -0.05) is 18.2 Å². The van der Waals surface area contributed by atoms with Crippen molar-refractivity contribution in [1.29, 1.82) is 0 Å². The third-order valence-electron chi connectivity index (χ3n) is 2.79. The molecule has 0 spiro atoms. The average Bonchev–Trinajstić information content (AvgIpc) is 2.46. The molecular weight excluding hydrogens is 407 g/mol. The Hall–Kier alpha value is -0.710. The van der Waals surface area contributed by atoms with Crippen LogP contribution in [0.25, 0.3) is 0 Å². The topological polar surface area (TPSA) is 18.5 Å². The minimum Gasteiger partial charge on any atom is -0.496 e. The van der Waals surface area contributed by atoms with E-state index in [0.29, 0.717) is 12.5 Å². The fraction of sp³-hybridized carbons (Fsp3) is 0.200. The van der Waals surface area contributed by atoms with E-state index in [4.69, 9.17) is 21.1 Å². The van der Waals surface area contributed by atoms with Gasteiger partial charge < -0.3 is 9.47 Å². The predicted octanol–water partition coefficient (Wildman–Crippen LogP) is 5.54. The number of methoxy groups -OCH3 is 1. The van der Waals surface area contributed by atoms with Gasteiger partial charge in [0.1, 0.15) is 18.1 Å². The molecule has 2 rings (SSSR count). The molecule has 0 fully saturated rings. The van der Waals surface area contributed by atoms with Gasteiger partial charge in [-0.3, -0.25) is 0 Å². The normalized spacial score (nSPS) is 10.4. The molecule has 0 aliphatic carbocycles. The number of halogens is 3. The van der Waals surface area contributed by atoms with Gasteiger partial charge in [-0.2, -0.15) is 0 Å². The SMILES string of the molecule is COc1ccc(COc2c(Br)cccc2CCl)cc1Br. The summed E-state index contributed by atoms with van der Waals surface area (Å²) in [6, 6.07) is 11.7. The van der Waals surface area contributed by atoms with Gasteiger partial charge in [0.05, 0.1) is 21.9 Å². The lowest BCUT2D eigenvalue weighted by Crippen LogP contribution is -1.99. The van der Waals surface area contributed by atoms with Crippen molar-refractivity contribution in [3.8, 4) is 11.5 Å². The first-order valence-corrected chi connectivity index (χ1v) is 8.06. The van der Waals surface area contributed by atoms with Gasteiger partial charge in [-0.25, -0.2) is 0 Å². The van der Waals surface area contributed by atoms with E-state index in [1.54, 1.807) is 7.11 Å². The standard InChI is InChI=1S/C15H13Br2ClO2/c1-19-14-6-5-10(7-13(14)17)9-20-15-11(8-18)3-2-4-12(15)16/h2-7H,8-9H2,1H3. The third-order valence-corrected chi connectivity index (χ3v) is 4.32. The molecule has 0 radical (unpaired) electrons. The number of para-hydroxylation sites is 1. The van der Waals surface area contributed by atoms with Crippen LogP contribution in [0.15, 0.2) is 45.3 Å². The van der Waals surface area contributed by atoms with Gasteiger partial charge in [0.2, 0.25) is 0 Å². The molecule has 2 aromatic carbocycles. The zero-order chi connectivity index (χ0) is 14.5. The van der Waals surface area contributed by atoms with Gasteiger partial charge in [0.15, 0.2) is 0 Å². The highest BCUT2D eigenvalue weighted by molar-refractivity contribution is 9.10. The third kappa shape index (κ3) is 3.68. The lowest BCUT2D eigenvalue weighted by molar-refractivity contribution is 0.301. The highest BCUT2D eigenvalue weighted by Gasteiger charge is 2.08. The Morgan fingerprint density at radius 3 is 2.55 bits per heavy atom. The molecule has 0 unspecified atom stereocenters. The monoisotopic (exact) mass is 418 g/mol. The molecule has 20 heavy (non-hydrogen) atoms. The number of ether oxygens (including phenoxy) is 2. The molecule has 0 heterocycles. The highest BCUT2D eigenvalue weighted by Crippen LogP contribution is 2.31. The van der Waals surface area contributed by atoms with Crippen molar-refractivity contribution in [3.05, 3.63) is 56.5 Å². The van der Waals surface area contributed by atoms with E-state index in [-0.39, 0.29) is 0 Å². The summed E-state index contributed by atoms with van der Waals surface area (Å²) in [5.74, 6) is 2.01. The maximum atomic E-state index is 5.93. The van der Waals surface area contributed by atoms with Crippen LogP contribution in [0.5, 0.6) is 11.5 Å². The molecule has 0 saturated carbocycles. The number of hydrogen-bond donors (Lipinski definition) is 0. The average molecular weight is 421 g/mol. The summed E-state index contributed by atoms with van der Waals surface area (Å²) >= 11 is 12.9. The molecule has 0 saturated heterocycles. The van der Waals surface area contributed by atoms with Crippen LogP contribution in [0.2, 0.25) is 0 Å². The quantitative estimate of drug-likeness (QED) is 0.592. The second kappa shape index (κ2) is 7.34. The van der Waals surface area contributed by atoms with E-state index in [1.165, 1.54) is 0 Å². The Bertz CT molecular complexity index is 602. The van der Waals surface area contributed by atoms with Gasteiger partial charge in [-0.15, -0.1) is 11.6 Å². The van der Waals surface area contributed by atoms with E-state index in [2.05, 4.69) is 31.9 Å². The Kier molecular flexibility index (Phi) is 5.75. The van der Waals surface area contributed by atoms with Crippen molar-refractivity contribution < 1.29 is 9.47 Å². The van der Waals surface area contributed by atoms with Crippen LogP contribution in [-0.4, -0.2) is 7.11 Å². The molecule has 0 aliphatic heterocycles. The first kappa shape index (κ1) is 15.7. The Balaban J connectivity index is 2.15. The number of alkyl halides is 1. The van der Waals surface area contributed by atoms with Crippen molar-refractivity contribution in [1.82, 2.24) is 0 Å². The molecule has 0 amide bonds. The lowest BCUT2D eigenvalue weighted by Gasteiger charge is -2.12. The maximum absolute atomic E-state index is 5.93. The van der Waals surface area contributed by atoms with Gasteiger partial charge in [0, 0.05) is 5.56 Å².